The van der Waals surface area contributed by atoms with Gasteiger partial charge in [0, 0.05) is 16.9 Å². The second-order valence-electron chi connectivity index (χ2n) is 6.72. The fourth-order valence-corrected chi connectivity index (χ4v) is 2.44. The van der Waals surface area contributed by atoms with Crippen molar-refractivity contribution >= 4 is 24.2 Å². The molecule has 0 spiro atoms. The Labute approximate surface area is 138 Å². The van der Waals surface area contributed by atoms with Crippen molar-refractivity contribution in [2.75, 3.05) is 0 Å². The van der Waals surface area contributed by atoms with Crippen LogP contribution in [0.15, 0.2) is 30.9 Å². The van der Waals surface area contributed by atoms with E-state index in [-0.39, 0.29) is 17.3 Å². The van der Waals surface area contributed by atoms with Crippen LogP contribution in [0.3, 0.4) is 0 Å². The second-order valence-corrected chi connectivity index (χ2v) is 7.16. The zero-order valence-electron chi connectivity index (χ0n) is 14.0. The van der Waals surface area contributed by atoms with Gasteiger partial charge in [-0.15, -0.1) is 6.58 Å². The second kappa shape index (κ2) is 6.27. The summed E-state index contributed by atoms with van der Waals surface area (Å²) in [5.74, 6) is 0.695. The van der Waals surface area contributed by atoms with Crippen LogP contribution < -0.4 is 10.2 Å². The van der Waals surface area contributed by atoms with Crippen LogP contribution in [0.1, 0.15) is 41.0 Å². The molecule has 1 aliphatic rings. The van der Waals surface area contributed by atoms with Crippen LogP contribution in [0.4, 0.5) is 0 Å². The van der Waals surface area contributed by atoms with Gasteiger partial charge in [-0.05, 0) is 46.8 Å². The number of hydrogen-bond acceptors (Lipinski definition) is 3. The van der Waals surface area contributed by atoms with E-state index in [1.54, 1.807) is 0 Å². The van der Waals surface area contributed by atoms with E-state index in [0.29, 0.717) is 10.8 Å². The van der Waals surface area contributed by atoms with Crippen LogP contribution in [0.25, 0.3) is 0 Å². The maximum absolute atomic E-state index is 6.11. The Hall–Kier alpha value is -0.965. The molecule has 1 aromatic rings. The predicted molar refractivity (Wildman–Crippen MR) is 92.1 cm³/mol. The molecule has 1 saturated heterocycles. The Bertz CT molecular complexity index is 541. The maximum Gasteiger partial charge on any atom is 0.498 e. The minimum Gasteiger partial charge on any atom is -0.491 e. The monoisotopic (exact) mass is 322 g/mol. The van der Waals surface area contributed by atoms with Gasteiger partial charge in [0.2, 0.25) is 0 Å². The third-order valence-corrected chi connectivity index (χ3v) is 4.54. The molecule has 0 radical (unpaired) electrons. The van der Waals surface area contributed by atoms with Gasteiger partial charge in [0.05, 0.1) is 17.3 Å². The van der Waals surface area contributed by atoms with Crippen molar-refractivity contribution in [1.29, 1.82) is 0 Å². The summed E-state index contributed by atoms with van der Waals surface area (Å²) in [4.78, 5) is 0. The van der Waals surface area contributed by atoms with Gasteiger partial charge in [0.15, 0.2) is 0 Å². The molecule has 1 heterocycles. The molecular weight excluding hydrogens is 298 g/mol. The molecule has 0 saturated carbocycles. The summed E-state index contributed by atoms with van der Waals surface area (Å²) in [6.45, 7) is 13.9. The average Bonchev–Trinajstić information content (AvgIpc) is 2.58. The van der Waals surface area contributed by atoms with Crippen molar-refractivity contribution in [3.05, 3.63) is 35.9 Å². The molecule has 120 valence electrons. The van der Waals surface area contributed by atoms with E-state index < -0.39 is 7.12 Å². The number of benzene rings is 1. The van der Waals surface area contributed by atoms with Gasteiger partial charge in [-0.3, -0.25) is 0 Å². The molecule has 0 bridgehead atoms. The lowest BCUT2D eigenvalue weighted by molar-refractivity contribution is 0.00578. The molecule has 2 rings (SSSR count). The lowest BCUT2D eigenvalue weighted by atomic mass is 9.78. The van der Waals surface area contributed by atoms with Crippen molar-refractivity contribution in [1.82, 2.24) is 0 Å². The Morgan fingerprint density at radius 3 is 2.41 bits per heavy atom. The van der Waals surface area contributed by atoms with Crippen molar-refractivity contribution in [3.63, 3.8) is 0 Å². The van der Waals surface area contributed by atoms with E-state index >= 15 is 0 Å². The fraction of sp³-hybridized carbons (Fsp3) is 0.529. The third kappa shape index (κ3) is 3.50. The van der Waals surface area contributed by atoms with E-state index in [1.807, 2.05) is 58.9 Å². The van der Waals surface area contributed by atoms with Crippen molar-refractivity contribution in [2.45, 2.75) is 58.3 Å². The standard InChI is InChI=1S/C17H24BClO3/c1-7-8-12(2)20-15-11-13(19)9-10-14(15)18-21-16(3,4)17(5,6)22-18/h7,9-12H,1,8H2,2-6H3/t12-/m0/s1. The summed E-state index contributed by atoms with van der Waals surface area (Å²) < 4.78 is 18.2. The van der Waals surface area contributed by atoms with E-state index in [2.05, 4.69) is 6.58 Å². The molecule has 3 nitrogen and oxygen atoms in total. The highest BCUT2D eigenvalue weighted by atomic mass is 35.5. The van der Waals surface area contributed by atoms with Gasteiger partial charge in [-0.2, -0.15) is 0 Å². The summed E-state index contributed by atoms with van der Waals surface area (Å²) in [7, 11) is -0.465. The van der Waals surface area contributed by atoms with Gasteiger partial charge in [-0.1, -0.05) is 23.7 Å². The minimum atomic E-state index is -0.465. The quantitative estimate of drug-likeness (QED) is 0.606. The summed E-state index contributed by atoms with van der Waals surface area (Å²) >= 11 is 6.11. The van der Waals surface area contributed by atoms with Gasteiger partial charge in [0.1, 0.15) is 5.75 Å². The summed E-state index contributed by atoms with van der Waals surface area (Å²) in [5, 5.41) is 0.626. The maximum atomic E-state index is 6.11. The van der Waals surface area contributed by atoms with Crippen LogP contribution >= 0.6 is 11.6 Å². The molecule has 5 heteroatoms. The van der Waals surface area contributed by atoms with Gasteiger partial charge in [-0.25, -0.2) is 0 Å². The van der Waals surface area contributed by atoms with Gasteiger partial charge >= 0.3 is 7.12 Å². The molecule has 1 fully saturated rings. The van der Waals surface area contributed by atoms with Gasteiger partial charge < -0.3 is 14.0 Å². The number of halogens is 1. The molecule has 1 atom stereocenters. The van der Waals surface area contributed by atoms with E-state index in [9.17, 15) is 0 Å². The summed E-state index contributed by atoms with van der Waals surface area (Å²) in [6.07, 6.45) is 2.61. The Balaban J connectivity index is 2.30. The lowest BCUT2D eigenvalue weighted by Crippen LogP contribution is -2.41. The van der Waals surface area contributed by atoms with E-state index in [4.69, 9.17) is 25.6 Å². The predicted octanol–water partition coefficient (Wildman–Crippen LogP) is 3.98. The van der Waals surface area contributed by atoms with Crippen molar-refractivity contribution in [3.8, 4) is 5.75 Å². The van der Waals surface area contributed by atoms with Crippen LogP contribution in [0, 0.1) is 0 Å². The SMILES string of the molecule is C=CC[C@H](C)Oc1cc(Cl)ccc1B1OC(C)(C)C(C)(C)O1. The summed E-state index contributed by atoms with van der Waals surface area (Å²) in [5.41, 5.74) is 0.0850. The Morgan fingerprint density at radius 2 is 1.86 bits per heavy atom. The van der Waals surface area contributed by atoms with Crippen LogP contribution in [0.5, 0.6) is 5.75 Å². The zero-order valence-corrected chi connectivity index (χ0v) is 14.7. The van der Waals surface area contributed by atoms with E-state index in [1.165, 1.54) is 0 Å². The summed E-state index contributed by atoms with van der Waals surface area (Å²) in [6, 6.07) is 5.54. The molecule has 0 aromatic heterocycles. The smallest absolute Gasteiger partial charge is 0.491 e. The fourth-order valence-electron chi connectivity index (χ4n) is 2.27. The Morgan fingerprint density at radius 1 is 1.27 bits per heavy atom. The number of rotatable bonds is 5. The molecule has 0 amide bonds. The highest BCUT2D eigenvalue weighted by molar-refractivity contribution is 6.63. The Kier molecular flexibility index (Phi) is 4.95. The van der Waals surface area contributed by atoms with Crippen LogP contribution in [-0.2, 0) is 9.31 Å². The molecular formula is C17H24BClO3. The highest BCUT2D eigenvalue weighted by Crippen LogP contribution is 2.37. The first-order valence-corrected chi connectivity index (χ1v) is 7.97. The van der Waals surface area contributed by atoms with E-state index in [0.717, 1.165) is 11.9 Å². The highest BCUT2D eigenvalue weighted by Gasteiger charge is 2.52. The van der Waals surface area contributed by atoms with Gasteiger partial charge in [0.25, 0.3) is 0 Å². The molecule has 0 unspecified atom stereocenters. The first-order chi connectivity index (χ1) is 10.2. The minimum absolute atomic E-state index is 0.0112. The van der Waals surface area contributed by atoms with Crippen LogP contribution in [-0.4, -0.2) is 24.4 Å². The largest absolute Gasteiger partial charge is 0.498 e. The third-order valence-electron chi connectivity index (χ3n) is 4.31. The first-order valence-electron chi connectivity index (χ1n) is 7.59. The molecule has 0 N–H and O–H groups in total. The molecule has 1 aliphatic heterocycles. The molecule has 0 aliphatic carbocycles. The number of hydrogen-bond donors (Lipinski definition) is 0. The number of ether oxygens (including phenoxy) is 1. The normalized spacial score (nSPS) is 20.7. The van der Waals surface area contributed by atoms with Crippen molar-refractivity contribution in [2.24, 2.45) is 0 Å². The molecule has 22 heavy (non-hydrogen) atoms. The zero-order chi connectivity index (χ0) is 16.5. The van der Waals surface area contributed by atoms with Crippen LogP contribution in [0.2, 0.25) is 5.02 Å². The first kappa shape index (κ1) is 17.4. The topological polar surface area (TPSA) is 27.7 Å². The lowest BCUT2D eigenvalue weighted by Gasteiger charge is -2.32. The average molecular weight is 323 g/mol. The van der Waals surface area contributed by atoms with Crippen molar-refractivity contribution < 1.29 is 14.0 Å². The molecule has 1 aromatic carbocycles.